The van der Waals surface area contributed by atoms with Gasteiger partial charge in [-0.25, -0.2) is 4.79 Å². The molecular formula is C20H25N3O4. The molecule has 1 spiro atoms. The maximum atomic E-state index is 12.4. The maximum absolute atomic E-state index is 12.4. The number of nitrogens with one attached hydrogen (secondary N) is 1. The molecule has 1 saturated carbocycles. The van der Waals surface area contributed by atoms with Crippen molar-refractivity contribution in [1.29, 1.82) is 0 Å². The van der Waals surface area contributed by atoms with Gasteiger partial charge in [0.15, 0.2) is 11.3 Å². The molecule has 1 aliphatic carbocycles. The molecule has 1 aliphatic heterocycles. The van der Waals surface area contributed by atoms with E-state index in [1.54, 1.807) is 23.4 Å². The molecule has 4 rings (SSSR count). The molecular weight excluding hydrogens is 346 g/mol. The van der Waals surface area contributed by atoms with Crippen molar-refractivity contribution in [2.45, 2.75) is 39.2 Å². The number of aromatic nitrogens is 1. The van der Waals surface area contributed by atoms with Crippen molar-refractivity contribution in [3.63, 3.8) is 0 Å². The van der Waals surface area contributed by atoms with Gasteiger partial charge < -0.3 is 19.4 Å². The Balaban J connectivity index is 1.26. The summed E-state index contributed by atoms with van der Waals surface area (Å²) in [5, 5.41) is 3.87. The molecule has 0 aromatic carbocycles. The summed E-state index contributed by atoms with van der Waals surface area (Å²) in [4.78, 5) is 30.2. The number of carbonyl (C=O) groups excluding carboxylic acids is 2. The van der Waals surface area contributed by atoms with Gasteiger partial charge in [0, 0.05) is 31.2 Å². The van der Waals surface area contributed by atoms with Gasteiger partial charge in [-0.05, 0) is 56.6 Å². The molecule has 2 aromatic heterocycles. The third-order valence-electron chi connectivity index (χ3n) is 5.77. The fraction of sp³-hybridized carbons (Fsp3) is 0.550. The standard InChI is InChI=1S/C20H25N3O4/c1-13(2)26-19(25)23-7-4-20(5-8-23)10-15(20)11-22-18(24)16-9-14-3-6-21-12-17(14)27-16/h3,6,9,12-13,15H,4-5,7-8,10-11H2,1-2H3,(H,22,24). The first kappa shape index (κ1) is 17.8. The summed E-state index contributed by atoms with van der Waals surface area (Å²) < 4.78 is 10.8. The Hall–Kier alpha value is -2.57. The Bertz CT molecular complexity index is 819. The van der Waals surface area contributed by atoms with Crippen molar-refractivity contribution in [2.75, 3.05) is 19.6 Å². The Kier molecular flexibility index (Phi) is 4.53. The van der Waals surface area contributed by atoms with E-state index in [1.807, 2.05) is 19.9 Å². The summed E-state index contributed by atoms with van der Waals surface area (Å²) in [6.07, 6.45) is 6.02. The van der Waals surface area contributed by atoms with Gasteiger partial charge in [-0.15, -0.1) is 0 Å². The number of ether oxygens (including phenoxy) is 1. The Morgan fingerprint density at radius 3 is 2.89 bits per heavy atom. The first-order valence-electron chi connectivity index (χ1n) is 9.54. The Morgan fingerprint density at radius 1 is 1.41 bits per heavy atom. The van der Waals surface area contributed by atoms with E-state index in [0.29, 0.717) is 23.8 Å². The summed E-state index contributed by atoms with van der Waals surface area (Å²) in [7, 11) is 0. The van der Waals surface area contributed by atoms with Crippen LogP contribution in [0, 0.1) is 11.3 Å². The number of rotatable bonds is 4. The van der Waals surface area contributed by atoms with E-state index in [9.17, 15) is 9.59 Å². The molecule has 7 nitrogen and oxygen atoms in total. The first-order valence-corrected chi connectivity index (χ1v) is 9.54. The summed E-state index contributed by atoms with van der Waals surface area (Å²) >= 11 is 0. The number of hydrogen-bond donors (Lipinski definition) is 1. The van der Waals surface area contributed by atoms with Crippen LogP contribution in [-0.4, -0.2) is 47.6 Å². The fourth-order valence-corrected chi connectivity index (χ4v) is 4.04. The number of nitrogens with zero attached hydrogens (tertiary/aromatic N) is 2. The van der Waals surface area contributed by atoms with Crippen LogP contribution < -0.4 is 5.32 Å². The average Bonchev–Trinajstić information content (AvgIpc) is 3.12. The molecule has 2 aromatic rings. The molecule has 7 heteroatoms. The molecule has 144 valence electrons. The topological polar surface area (TPSA) is 84.7 Å². The van der Waals surface area contributed by atoms with E-state index < -0.39 is 0 Å². The number of likely N-dealkylation sites (tertiary alicyclic amines) is 1. The molecule has 2 aliphatic rings. The maximum Gasteiger partial charge on any atom is 0.410 e. The highest BCUT2D eigenvalue weighted by atomic mass is 16.6. The van der Waals surface area contributed by atoms with Crippen molar-refractivity contribution in [1.82, 2.24) is 15.2 Å². The highest BCUT2D eigenvalue weighted by molar-refractivity contribution is 5.95. The fourth-order valence-electron chi connectivity index (χ4n) is 4.04. The predicted octanol–water partition coefficient (Wildman–Crippen LogP) is 3.20. The predicted molar refractivity (Wildman–Crippen MR) is 99.3 cm³/mol. The Labute approximate surface area is 158 Å². The smallest absolute Gasteiger partial charge is 0.410 e. The normalized spacial score (nSPS) is 20.9. The van der Waals surface area contributed by atoms with E-state index in [1.165, 1.54) is 0 Å². The van der Waals surface area contributed by atoms with Gasteiger partial charge in [-0.2, -0.15) is 0 Å². The summed E-state index contributed by atoms with van der Waals surface area (Å²) in [6, 6.07) is 3.57. The number of pyridine rings is 1. The van der Waals surface area contributed by atoms with Crippen LogP contribution in [-0.2, 0) is 4.74 Å². The molecule has 2 amide bonds. The van der Waals surface area contributed by atoms with Crippen LogP contribution in [0.5, 0.6) is 0 Å². The van der Waals surface area contributed by atoms with Crippen LogP contribution in [0.1, 0.15) is 43.7 Å². The van der Waals surface area contributed by atoms with Crippen molar-refractivity contribution in [3.8, 4) is 0 Å². The van der Waals surface area contributed by atoms with E-state index in [4.69, 9.17) is 9.15 Å². The van der Waals surface area contributed by atoms with Crippen LogP contribution in [0.4, 0.5) is 4.79 Å². The number of amides is 2. The second-order valence-corrected chi connectivity index (χ2v) is 7.92. The first-order chi connectivity index (χ1) is 13.0. The summed E-state index contributed by atoms with van der Waals surface area (Å²) in [5.41, 5.74) is 0.880. The van der Waals surface area contributed by atoms with E-state index >= 15 is 0 Å². The third-order valence-corrected chi connectivity index (χ3v) is 5.77. The lowest BCUT2D eigenvalue weighted by Gasteiger charge is -2.32. The molecule has 1 atom stereocenters. The molecule has 1 N–H and O–H groups in total. The number of carbonyl (C=O) groups is 2. The van der Waals surface area contributed by atoms with Gasteiger partial charge in [-0.3, -0.25) is 9.78 Å². The number of piperidine rings is 1. The minimum absolute atomic E-state index is 0.0914. The third kappa shape index (κ3) is 3.63. The lowest BCUT2D eigenvalue weighted by molar-refractivity contribution is 0.0619. The molecule has 2 fully saturated rings. The highest BCUT2D eigenvalue weighted by Gasteiger charge is 2.55. The van der Waals surface area contributed by atoms with Crippen LogP contribution in [0.25, 0.3) is 11.0 Å². The number of furan rings is 1. The van der Waals surface area contributed by atoms with Gasteiger partial charge in [0.1, 0.15) is 0 Å². The second kappa shape index (κ2) is 6.87. The monoisotopic (exact) mass is 371 g/mol. The van der Waals surface area contributed by atoms with Crippen LogP contribution in [0.3, 0.4) is 0 Å². The zero-order valence-electron chi connectivity index (χ0n) is 15.7. The molecule has 27 heavy (non-hydrogen) atoms. The van der Waals surface area contributed by atoms with Gasteiger partial charge >= 0.3 is 6.09 Å². The Morgan fingerprint density at radius 2 is 2.19 bits per heavy atom. The second-order valence-electron chi connectivity index (χ2n) is 7.92. The van der Waals surface area contributed by atoms with E-state index in [-0.39, 0.29) is 23.5 Å². The van der Waals surface area contributed by atoms with Crippen molar-refractivity contribution < 1.29 is 18.7 Å². The van der Waals surface area contributed by atoms with E-state index in [2.05, 4.69) is 10.3 Å². The van der Waals surface area contributed by atoms with E-state index in [0.717, 1.165) is 37.7 Å². The lowest BCUT2D eigenvalue weighted by atomic mass is 9.91. The van der Waals surface area contributed by atoms with Crippen LogP contribution in [0.2, 0.25) is 0 Å². The van der Waals surface area contributed by atoms with Crippen molar-refractivity contribution >= 4 is 23.0 Å². The average molecular weight is 371 g/mol. The molecule has 0 radical (unpaired) electrons. The summed E-state index contributed by atoms with van der Waals surface area (Å²) in [6.45, 7) is 5.83. The zero-order chi connectivity index (χ0) is 19.0. The van der Waals surface area contributed by atoms with Gasteiger partial charge in [-0.1, -0.05) is 0 Å². The quantitative estimate of drug-likeness (QED) is 0.892. The minimum atomic E-state index is -0.218. The lowest BCUT2D eigenvalue weighted by Crippen LogP contribution is -2.41. The molecule has 1 saturated heterocycles. The van der Waals surface area contributed by atoms with Crippen LogP contribution >= 0.6 is 0 Å². The largest absolute Gasteiger partial charge is 0.449 e. The summed E-state index contributed by atoms with van der Waals surface area (Å²) in [5.74, 6) is 0.598. The molecule has 1 unspecified atom stereocenters. The zero-order valence-corrected chi connectivity index (χ0v) is 15.7. The van der Waals surface area contributed by atoms with Crippen LogP contribution in [0.15, 0.2) is 28.9 Å². The minimum Gasteiger partial charge on any atom is -0.449 e. The number of fused-ring (bicyclic) bond motifs is 1. The van der Waals surface area contributed by atoms with Crippen molar-refractivity contribution in [2.24, 2.45) is 11.3 Å². The molecule has 0 bridgehead atoms. The highest BCUT2D eigenvalue weighted by Crippen LogP contribution is 2.59. The van der Waals surface area contributed by atoms with Gasteiger partial charge in [0.05, 0.1) is 12.3 Å². The van der Waals surface area contributed by atoms with Gasteiger partial charge in [0.25, 0.3) is 5.91 Å². The van der Waals surface area contributed by atoms with Crippen molar-refractivity contribution in [3.05, 3.63) is 30.3 Å². The molecule has 3 heterocycles. The SMILES string of the molecule is CC(C)OC(=O)N1CCC2(CC1)CC2CNC(=O)c1cc2ccncc2o1. The number of hydrogen-bond acceptors (Lipinski definition) is 5. The van der Waals surface area contributed by atoms with Gasteiger partial charge in [0.2, 0.25) is 0 Å².